The number of anilines is 1. The van der Waals surface area contributed by atoms with Crippen molar-refractivity contribution in [2.24, 2.45) is 16.8 Å². The molecule has 0 radical (unpaired) electrons. The van der Waals surface area contributed by atoms with E-state index in [2.05, 4.69) is 26.4 Å². The van der Waals surface area contributed by atoms with Gasteiger partial charge < -0.3 is 5.32 Å². The Morgan fingerprint density at radius 2 is 1.81 bits per heavy atom. The number of amidine groups is 1. The fourth-order valence-corrected chi connectivity index (χ4v) is 4.27. The van der Waals surface area contributed by atoms with Crippen LogP contribution in [0.5, 0.6) is 0 Å². The summed E-state index contributed by atoms with van der Waals surface area (Å²) in [6, 6.07) is 8.10. The van der Waals surface area contributed by atoms with E-state index in [-0.39, 0.29) is 11.7 Å². The minimum Gasteiger partial charge on any atom is -0.309 e. The predicted octanol–water partition coefficient (Wildman–Crippen LogP) is 4.83. The van der Waals surface area contributed by atoms with Gasteiger partial charge in [-0.05, 0) is 72.7 Å². The van der Waals surface area contributed by atoms with Crippen molar-refractivity contribution in [1.82, 2.24) is 15.0 Å². The Morgan fingerprint density at radius 1 is 1.06 bits per heavy atom. The molecule has 31 heavy (non-hydrogen) atoms. The Labute approximate surface area is 187 Å². The van der Waals surface area contributed by atoms with Gasteiger partial charge in [-0.15, -0.1) is 0 Å². The van der Waals surface area contributed by atoms with Crippen LogP contribution in [0.15, 0.2) is 51.0 Å². The first kappa shape index (κ1) is 20.4. The molecule has 1 aromatic heterocycles. The number of carbonyl (C=O) groups is 1. The fourth-order valence-electron chi connectivity index (χ4n) is 3.52. The lowest BCUT2D eigenvalue weighted by Crippen LogP contribution is -2.12. The van der Waals surface area contributed by atoms with Crippen molar-refractivity contribution in [1.29, 1.82) is 0 Å². The van der Waals surface area contributed by atoms with Crippen LogP contribution in [0.3, 0.4) is 0 Å². The molecule has 160 valence electrons. The molecule has 2 fully saturated rings. The van der Waals surface area contributed by atoms with Gasteiger partial charge in [-0.1, -0.05) is 26.0 Å². The van der Waals surface area contributed by atoms with Crippen LogP contribution in [-0.4, -0.2) is 33.1 Å². The Hall–Kier alpha value is -2.54. The molecule has 6 nitrogen and oxygen atoms in total. The van der Waals surface area contributed by atoms with Gasteiger partial charge in [0.15, 0.2) is 5.16 Å². The van der Waals surface area contributed by atoms with Crippen LogP contribution in [0, 0.1) is 11.8 Å². The van der Waals surface area contributed by atoms with Crippen molar-refractivity contribution in [3.63, 3.8) is 0 Å². The molecular weight excluding hydrogens is 406 g/mol. The molecule has 7 heteroatoms. The largest absolute Gasteiger partial charge is 0.309 e. The van der Waals surface area contributed by atoms with E-state index in [1.807, 2.05) is 38.1 Å². The molecule has 1 aromatic carbocycles. The lowest BCUT2D eigenvalue weighted by molar-refractivity contribution is -0.121. The number of ketones is 1. The average molecular weight is 434 g/mol. The first-order chi connectivity index (χ1) is 15.0. The molecule has 0 atom stereocenters. The van der Waals surface area contributed by atoms with Crippen LogP contribution in [-0.2, 0) is 11.2 Å². The van der Waals surface area contributed by atoms with Gasteiger partial charge in [0.25, 0.3) is 0 Å². The summed E-state index contributed by atoms with van der Waals surface area (Å²) in [6.07, 6.45) is 7.49. The summed E-state index contributed by atoms with van der Waals surface area (Å²) in [4.78, 5) is 31.6. The van der Waals surface area contributed by atoms with Crippen LogP contribution in [0.1, 0.15) is 56.8 Å². The van der Waals surface area contributed by atoms with Crippen molar-refractivity contribution in [2.75, 3.05) is 11.9 Å². The van der Waals surface area contributed by atoms with Gasteiger partial charge in [0.1, 0.15) is 17.4 Å². The van der Waals surface area contributed by atoms with Crippen molar-refractivity contribution in [3.8, 4) is 0 Å². The zero-order chi connectivity index (χ0) is 21.4. The van der Waals surface area contributed by atoms with E-state index < -0.39 is 0 Å². The molecule has 2 heterocycles. The highest BCUT2D eigenvalue weighted by atomic mass is 32.2. The van der Waals surface area contributed by atoms with Gasteiger partial charge in [0, 0.05) is 23.2 Å². The predicted molar refractivity (Wildman–Crippen MR) is 123 cm³/mol. The van der Waals surface area contributed by atoms with Crippen molar-refractivity contribution < 1.29 is 4.79 Å². The Bertz CT molecular complexity index is 1050. The molecular formula is C24H27N5OS. The van der Waals surface area contributed by atoms with Gasteiger partial charge in [0.05, 0.1) is 6.54 Å². The van der Waals surface area contributed by atoms with Gasteiger partial charge in [-0.25, -0.2) is 4.98 Å². The van der Waals surface area contributed by atoms with Crippen molar-refractivity contribution in [3.05, 3.63) is 47.3 Å². The SMILES string of the molecule is CC(C)C(=O)Cc1ccc(Sc2nc(NC3=NCC(C4CC4)=C3)nc(C3CC3)n2)cc1. The second kappa shape index (κ2) is 8.54. The number of Topliss-reactive ketones (excluding diaryl/α,β-unsaturated/α-hetero) is 1. The highest BCUT2D eigenvalue weighted by molar-refractivity contribution is 7.99. The lowest BCUT2D eigenvalue weighted by Gasteiger charge is -2.08. The summed E-state index contributed by atoms with van der Waals surface area (Å²) in [5, 5.41) is 3.99. The number of nitrogens with one attached hydrogen (secondary N) is 1. The number of rotatable bonds is 8. The Kier molecular flexibility index (Phi) is 5.61. The van der Waals surface area contributed by atoms with Crippen molar-refractivity contribution in [2.45, 2.75) is 61.9 Å². The minimum atomic E-state index is 0.0608. The molecule has 2 aromatic rings. The number of carbonyl (C=O) groups excluding carboxylic acids is 1. The van der Waals surface area contributed by atoms with E-state index in [4.69, 9.17) is 4.98 Å². The maximum Gasteiger partial charge on any atom is 0.232 e. The van der Waals surface area contributed by atoms with E-state index in [0.717, 1.165) is 47.4 Å². The third kappa shape index (κ3) is 5.21. The molecule has 1 aliphatic heterocycles. The molecule has 0 spiro atoms. The zero-order valence-electron chi connectivity index (χ0n) is 18.0. The van der Waals surface area contributed by atoms with Crippen molar-refractivity contribution >= 4 is 29.3 Å². The summed E-state index contributed by atoms with van der Waals surface area (Å²) in [7, 11) is 0. The number of nitrogens with zero attached hydrogens (tertiary/aromatic N) is 4. The van der Waals surface area contributed by atoms with E-state index in [1.165, 1.54) is 30.2 Å². The Balaban J connectivity index is 1.30. The number of aromatic nitrogens is 3. The minimum absolute atomic E-state index is 0.0608. The zero-order valence-corrected chi connectivity index (χ0v) is 18.8. The van der Waals surface area contributed by atoms with Gasteiger partial charge in [0.2, 0.25) is 5.95 Å². The third-order valence-corrected chi connectivity index (χ3v) is 6.70. The van der Waals surface area contributed by atoms with Crippen LogP contribution in [0.2, 0.25) is 0 Å². The molecule has 0 saturated heterocycles. The van der Waals surface area contributed by atoms with Crippen LogP contribution in [0.4, 0.5) is 5.95 Å². The third-order valence-electron chi connectivity index (χ3n) is 5.83. The molecule has 0 bridgehead atoms. The standard InChI is InChI=1S/C24H27N5OS/c1-14(2)20(30)11-15-3-9-19(10-4-15)31-24-28-22(17-7-8-17)27-23(29-24)26-21-12-18(13-25-21)16-5-6-16/h3-4,9-10,12,14,16-17H,5-8,11,13H2,1-2H3,(H,25,26,27,28,29). The molecule has 3 aliphatic rings. The number of aliphatic imine (C=N–C) groups is 1. The quantitative estimate of drug-likeness (QED) is 0.642. The summed E-state index contributed by atoms with van der Waals surface area (Å²) in [6.45, 7) is 4.67. The smallest absolute Gasteiger partial charge is 0.232 e. The van der Waals surface area contributed by atoms with Crippen LogP contribution >= 0.6 is 11.8 Å². The summed E-state index contributed by atoms with van der Waals surface area (Å²) in [5.41, 5.74) is 2.46. The number of benzene rings is 1. The maximum absolute atomic E-state index is 12.0. The monoisotopic (exact) mass is 433 g/mol. The summed E-state index contributed by atoms with van der Waals surface area (Å²) in [5.74, 6) is 3.78. The topological polar surface area (TPSA) is 80.1 Å². The molecule has 0 amide bonds. The summed E-state index contributed by atoms with van der Waals surface area (Å²) >= 11 is 1.53. The first-order valence-electron chi connectivity index (χ1n) is 11.1. The molecule has 1 N–H and O–H groups in total. The highest BCUT2D eigenvalue weighted by Crippen LogP contribution is 2.40. The van der Waals surface area contributed by atoms with Gasteiger partial charge in [-0.3, -0.25) is 9.79 Å². The summed E-state index contributed by atoms with van der Waals surface area (Å²) < 4.78 is 0. The Morgan fingerprint density at radius 3 is 2.48 bits per heavy atom. The lowest BCUT2D eigenvalue weighted by atomic mass is 10.0. The van der Waals surface area contributed by atoms with E-state index >= 15 is 0 Å². The van der Waals surface area contributed by atoms with E-state index in [9.17, 15) is 4.79 Å². The van der Waals surface area contributed by atoms with Gasteiger partial charge in [-0.2, -0.15) is 9.97 Å². The maximum atomic E-state index is 12.0. The average Bonchev–Trinajstić information content (AvgIpc) is 3.68. The van der Waals surface area contributed by atoms with Gasteiger partial charge >= 0.3 is 0 Å². The van der Waals surface area contributed by atoms with E-state index in [1.54, 1.807) is 0 Å². The normalized spacial score (nSPS) is 18.2. The molecule has 5 rings (SSSR count). The van der Waals surface area contributed by atoms with E-state index in [0.29, 0.717) is 23.4 Å². The highest BCUT2D eigenvalue weighted by Gasteiger charge is 2.29. The molecule has 0 unspecified atom stereocenters. The molecule has 2 saturated carbocycles. The molecule has 2 aliphatic carbocycles. The fraction of sp³-hybridized carbons (Fsp3) is 0.458. The van der Waals surface area contributed by atoms with Crippen LogP contribution < -0.4 is 5.32 Å². The first-order valence-corrected chi connectivity index (χ1v) is 11.9. The van der Waals surface area contributed by atoms with Crippen LogP contribution in [0.25, 0.3) is 0 Å². The number of hydrogen-bond donors (Lipinski definition) is 1. The number of hydrogen-bond acceptors (Lipinski definition) is 7. The second-order valence-electron chi connectivity index (χ2n) is 8.94. The second-order valence-corrected chi connectivity index (χ2v) is 9.98.